The second-order valence-corrected chi connectivity index (χ2v) is 8.48. The summed E-state index contributed by atoms with van der Waals surface area (Å²) in [5, 5.41) is 3.05. The van der Waals surface area contributed by atoms with Crippen LogP contribution >= 0.6 is 0 Å². The second kappa shape index (κ2) is 10.4. The molecule has 0 aliphatic carbocycles. The Hall–Kier alpha value is -3.15. The number of hydrogen-bond acceptors (Lipinski definition) is 2. The van der Waals surface area contributed by atoms with Gasteiger partial charge in [0.25, 0.3) is 5.91 Å². The van der Waals surface area contributed by atoms with E-state index in [-0.39, 0.29) is 11.9 Å². The van der Waals surface area contributed by atoms with Crippen molar-refractivity contribution in [3.05, 3.63) is 96.1 Å². The van der Waals surface area contributed by atoms with Gasteiger partial charge in [-0.15, -0.1) is 0 Å². The summed E-state index contributed by atoms with van der Waals surface area (Å²) in [6, 6.07) is 29.3. The lowest BCUT2D eigenvalue weighted by Gasteiger charge is -2.36. The van der Waals surface area contributed by atoms with Crippen LogP contribution in [0.2, 0.25) is 0 Å². The molecule has 0 saturated carbocycles. The lowest BCUT2D eigenvalue weighted by atomic mass is 9.96. The Kier molecular flexibility index (Phi) is 7.20. The molecule has 4 rings (SSSR count). The van der Waals surface area contributed by atoms with Gasteiger partial charge in [-0.3, -0.25) is 4.79 Å². The molecule has 3 N–H and O–H groups in total. The SMILES string of the molecule is COc1ccccc1NC(=O)[C@@H](C)[NH+]1CC[NH+](C(c2ccccc2)c2ccccc2)CC1. The van der Waals surface area contributed by atoms with E-state index in [0.717, 1.165) is 31.9 Å². The van der Waals surface area contributed by atoms with Gasteiger partial charge in [0.05, 0.1) is 12.8 Å². The molecule has 0 unspecified atom stereocenters. The largest absolute Gasteiger partial charge is 0.495 e. The lowest BCUT2D eigenvalue weighted by molar-refractivity contribution is -1.03. The van der Waals surface area contributed by atoms with Crippen LogP contribution in [-0.4, -0.2) is 45.2 Å². The minimum atomic E-state index is -0.117. The van der Waals surface area contributed by atoms with Crippen LogP contribution in [0.4, 0.5) is 5.69 Å². The van der Waals surface area contributed by atoms with Gasteiger partial charge in [0.15, 0.2) is 6.04 Å². The third-order valence-electron chi connectivity index (χ3n) is 6.58. The Bertz CT molecular complexity index is 962. The Labute approximate surface area is 190 Å². The number of rotatable bonds is 7. The molecule has 1 fully saturated rings. The quantitative estimate of drug-likeness (QED) is 0.532. The highest BCUT2D eigenvalue weighted by Gasteiger charge is 2.35. The van der Waals surface area contributed by atoms with E-state index in [2.05, 4.69) is 66.0 Å². The standard InChI is InChI=1S/C27H31N3O2/c1-21(27(31)28-24-15-9-10-16-25(24)32-2)29-17-19-30(20-18-29)26(22-11-5-3-6-12-22)23-13-7-4-8-14-23/h3-16,21,26H,17-20H2,1-2H3,(H,28,31)/p+2/t21-/m1/s1. The van der Waals surface area contributed by atoms with Gasteiger partial charge in [0, 0.05) is 11.1 Å². The summed E-state index contributed by atoms with van der Waals surface area (Å²) in [6.45, 7) is 6.00. The summed E-state index contributed by atoms with van der Waals surface area (Å²) in [4.78, 5) is 15.8. The van der Waals surface area contributed by atoms with Crippen molar-refractivity contribution in [3.63, 3.8) is 0 Å². The number of anilines is 1. The molecule has 32 heavy (non-hydrogen) atoms. The summed E-state index contributed by atoms with van der Waals surface area (Å²) >= 11 is 0. The number of carbonyl (C=O) groups excluding carboxylic acids is 1. The van der Waals surface area contributed by atoms with Crippen LogP contribution in [0.5, 0.6) is 5.75 Å². The van der Waals surface area contributed by atoms with Gasteiger partial charge in [-0.05, 0) is 19.1 Å². The zero-order valence-electron chi connectivity index (χ0n) is 18.9. The number of ether oxygens (including phenoxy) is 1. The predicted molar refractivity (Wildman–Crippen MR) is 127 cm³/mol. The van der Waals surface area contributed by atoms with E-state index in [4.69, 9.17) is 4.74 Å². The molecule has 1 atom stereocenters. The highest BCUT2D eigenvalue weighted by molar-refractivity contribution is 5.94. The zero-order chi connectivity index (χ0) is 22.3. The van der Waals surface area contributed by atoms with Crippen LogP contribution < -0.4 is 19.9 Å². The highest BCUT2D eigenvalue weighted by Crippen LogP contribution is 2.23. The van der Waals surface area contributed by atoms with Crippen LogP contribution in [0, 0.1) is 0 Å². The first kappa shape index (κ1) is 22.1. The van der Waals surface area contributed by atoms with Crippen molar-refractivity contribution in [1.29, 1.82) is 0 Å². The maximum Gasteiger partial charge on any atom is 0.282 e. The van der Waals surface area contributed by atoms with Crippen molar-refractivity contribution in [3.8, 4) is 5.75 Å². The molecule has 1 saturated heterocycles. The Morgan fingerprint density at radius 2 is 1.28 bits per heavy atom. The summed E-state index contributed by atoms with van der Waals surface area (Å²) in [5.41, 5.74) is 3.42. The molecule has 3 aromatic rings. The van der Waals surface area contributed by atoms with Crippen molar-refractivity contribution in [1.82, 2.24) is 0 Å². The fourth-order valence-corrected chi connectivity index (χ4v) is 4.74. The van der Waals surface area contributed by atoms with E-state index in [1.807, 2.05) is 31.2 Å². The fourth-order valence-electron chi connectivity index (χ4n) is 4.74. The van der Waals surface area contributed by atoms with Crippen LogP contribution in [0.1, 0.15) is 24.1 Å². The normalized spacial score (nSPS) is 19.3. The van der Waals surface area contributed by atoms with Gasteiger partial charge in [0.2, 0.25) is 0 Å². The van der Waals surface area contributed by atoms with Crippen LogP contribution in [0.25, 0.3) is 0 Å². The summed E-state index contributed by atoms with van der Waals surface area (Å²) in [5.74, 6) is 0.724. The zero-order valence-corrected chi connectivity index (χ0v) is 18.9. The number of nitrogens with one attached hydrogen (secondary N) is 3. The smallest absolute Gasteiger partial charge is 0.282 e. The molecular formula is C27H33N3O2+2. The number of benzene rings is 3. The topological polar surface area (TPSA) is 47.2 Å². The molecule has 0 aromatic heterocycles. The molecule has 0 bridgehead atoms. The van der Waals surface area contributed by atoms with E-state index in [0.29, 0.717) is 11.8 Å². The molecule has 0 spiro atoms. The van der Waals surface area contributed by atoms with Crippen molar-refractivity contribution >= 4 is 11.6 Å². The van der Waals surface area contributed by atoms with Crippen molar-refractivity contribution < 1.29 is 19.3 Å². The molecule has 166 valence electrons. The molecule has 5 nitrogen and oxygen atoms in total. The van der Waals surface area contributed by atoms with E-state index in [9.17, 15) is 4.79 Å². The Balaban J connectivity index is 1.42. The number of amides is 1. The third kappa shape index (κ3) is 5.01. The van der Waals surface area contributed by atoms with E-state index in [1.165, 1.54) is 16.0 Å². The molecule has 5 heteroatoms. The van der Waals surface area contributed by atoms with Crippen molar-refractivity contribution in [2.24, 2.45) is 0 Å². The van der Waals surface area contributed by atoms with Gasteiger partial charge >= 0.3 is 0 Å². The summed E-state index contributed by atoms with van der Waals surface area (Å²) in [6.07, 6.45) is 0. The number of para-hydroxylation sites is 2. The molecule has 1 amide bonds. The number of hydrogen-bond donors (Lipinski definition) is 3. The Morgan fingerprint density at radius 3 is 1.84 bits per heavy atom. The first-order valence-corrected chi connectivity index (χ1v) is 11.4. The van der Waals surface area contributed by atoms with Gasteiger partial charge in [-0.2, -0.15) is 0 Å². The Morgan fingerprint density at radius 1 is 0.781 bits per heavy atom. The number of quaternary nitrogens is 2. The van der Waals surface area contributed by atoms with Crippen molar-refractivity contribution in [2.75, 3.05) is 38.6 Å². The van der Waals surface area contributed by atoms with E-state index >= 15 is 0 Å². The van der Waals surface area contributed by atoms with Gasteiger partial charge in [-0.1, -0.05) is 72.8 Å². The molecule has 1 aliphatic heterocycles. The second-order valence-electron chi connectivity index (χ2n) is 8.48. The fraction of sp³-hybridized carbons (Fsp3) is 0.296. The maximum absolute atomic E-state index is 12.9. The molecular weight excluding hydrogens is 398 g/mol. The highest BCUT2D eigenvalue weighted by atomic mass is 16.5. The van der Waals surface area contributed by atoms with E-state index in [1.54, 1.807) is 12.0 Å². The van der Waals surface area contributed by atoms with Gasteiger partial charge < -0.3 is 19.9 Å². The lowest BCUT2D eigenvalue weighted by Crippen LogP contribution is -3.30. The molecule has 1 aliphatic rings. The third-order valence-corrected chi connectivity index (χ3v) is 6.58. The molecule has 1 heterocycles. The van der Waals surface area contributed by atoms with E-state index < -0.39 is 0 Å². The van der Waals surface area contributed by atoms with Gasteiger partial charge in [0.1, 0.15) is 38.0 Å². The average molecular weight is 432 g/mol. The minimum Gasteiger partial charge on any atom is -0.495 e. The number of piperazine rings is 1. The summed E-state index contributed by atoms with van der Waals surface area (Å²) < 4.78 is 5.37. The van der Waals surface area contributed by atoms with Crippen molar-refractivity contribution in [2.45, 2.75) is 19.0 Å². The average Bonchev–Trinajstić information content (AvgIpc) is 2.86. The maximum atomic E-state index is 12.9. The minimum absolute atomic E-state index is 0.0376. The first-order chi connectivity index (χ1) is 15.7. The van der Waals surface area contributed by atoms with Crippen LogP contribution in [0.15, 0.2) is 84.9 Å². The van der Waals surface area contributed by atoms with Crippen LogP contribution in [0.3, 0.4) is 0 Å². The molecule has 0 radical (unpaired) electrons. The number of carbonyl (C=O) groups is 1. The summed E-state index contributed by atoms with van der Waals surface area (Å²) in [7, 11) is 1.62. The first-order valence-electron chi connectivity index (χ1n) is 11.4. The van der Waals surface area contributed by atoms with Crippen LogP contribution in [-0.2, 0) is 4.79 Å². The molecule has 3 aromatic carbocycles. The monoisotopic (exact) mass is 431 g/mol. The number of methoxy groups -OCH3 is 1. The van der Waals surface area contributed by atoms with Gasteiger partial charge in [-0.25, -0.2) is 0 Å². The predicted octanol–water partition coefficient (Wildman–Crippen LogP) is 1.60.